The van der Waals surface area contributed by atoms with Crippen molar-refractivity contribution >= 4 is 82.7 Å². The maximum atomic E-state index is 16.6. The van der Waals surface area contributed by atoms with Crippen molar-refractivity contribution in [2.45, 2.75) is 5.41 Å². The van der Waals surface area contributed by atoms with Crippen molar-refractivity contribution in [2.24, 2.45) is 0 Å². The van der Waals surface area contributed by atoms with Gasteiger partial charge in [-0.05, 0) is 94.0 Å². The van der Waals surface area contributed by atoms with Crippen molar-refractivity contribution in [2.75, 3.05) is 4.90 Å². The number of nitrogens with zero attached hydrogens (tertiary/aromatic N) is 3. The van der Waals surface area contributed by atoms with Crippen LogP contribution < -0.4 is 20.8 Å². The molecule has 3 aromatic heterocycles. The standard InChI is InChI=1S/C51H32N3OPS/c55-56(35-16-5-2-6-17-35)46-23-11-9-21-42(46)51(43-31-39-37-18-7-12-24-48(37)57-49(39)32-47(43)56)40-20-8-10-22-44(40)54(34-14-3-1-4-15-34)45-30-33(25-26-41(45)51)36-27-29-53-50-38(36)19-13-28-52-50/h1-32H. The number of rotatable bonds is 3. The van der Waals surface area contributed by atoms with Crippen LogP contribution in [0, 0.1) is 0 Å². The first-order valence-corrected chi connectivity index (χ1v) is 21.7. The zero-order valence-corrected chi connectivity index (χ0v) is 32.3. The summed E-state index contributed by atoms with van der Waals surface area (Å²) < 4.78 is 19.0. The maximum Gasteiger partial charge on any atom is 0.171 e. The smallest absolute Gasteiger partial charge is 0.171 e. The van der Waals surface area contributed by atoms with E-state index in [2.05, 4.69) is 173 Å². The van der Waals surface area contributed by atoms with Crippen LogP contribution in [0.2, 0.25) is 0 Å². The van der Waals surface area contributed by atoms with E-state index in [1.807, 2.05) is 30.5 Å². The molecule has 2 aliphatic rings. The largest absolute Gasteiger partial charge is 0.310 e. The first kappa shape index (κ1) is 32.6. The van der Waals surface area contributed by atoms with E-state index in [-0.39, 0.29) is 0 Å². The molecule has 5 heterocycles. The molecular formula is C51H32N3OPS. The lowest BCUT2D eigenvalue weighted by Gasteiger charge is -2.50. The lowest BCUT2D eigenvalue weighted by molar-refractivity contribution is 0.590. The van der Waals surface area contributed by atoms with Crippen LogP contribution in [0.25, 0.3) is 42.3 Å². The van der Waals surface area contributed by atoms with Gasteiger partial charge in [-0.2, -0.15) is 0 Å². The van der Waals surface area contributed by atoms with Crippen LogP contribution in [0.3, 0.4) is 0 Å². The molecule has 1 spiro atoms. The summed E-state index contributed by atoms with van der Waals surface area (Å²) in [6.07, 6.45) is 3.64. The Morgan fingerprint density at radius 2 is 1.19 bits per heavy atom. The lowest BCUT2D eigenvalue weighted by Crippen LogP contribution is -2.49. The van der Waals surface area contributed by atoms with Crippen LogP contribution in [0.15, 0.2) is 194 Å². The fourth-order valence-corrected chi connectivity index (χ4v) is 14.1. The molecule has 0 saturated carbocycles. The third kappa shape index (κ3) is 4.41. The summed E-state index contributed by atoms with van der Waals surface area (Å²) in [5.41, 5.74) is 9.67. The lowest BCUT2D eigenvalue weighted by atomic mass is 9.61. The summed E-state index contributed by atoms with van der Waals surface area (Å²) in [5, 5.41) is 6.03. The summed E-state index contributed by atoms with van der Waals surface area (Å²) in [6, 6.07) is 64.6. The molecule has 0 radical (unpaired) electrons. The summed E-state index contributed by atoms with van der Waals surface area (Å²) in [7, 11) is -3.39. The molecule has 6 heteroatoms. The Labute approximate surface area is 333 Å². The van der Waals surface area contributed by atoms with E-state index < -0.39 is 12.6 Å². The number of fused-ring (bicyclic) bond motifs is 12. The summed E-state index contributed by atoms with van der Waals surface area (Å²) in [6.45, 7) is 0. The molecule has 2 atom stereocenters. The van der Waals surface area contributed by atoms with Crippen molar-refractivity contribution in [1.29, 1.82) is 0 Å². The maximum absolute atomic E-state index is 16.6. The van der Waals surface area contributed by atoms with Crippen molar-refractivity contribution in [1.82, 2.24) is 9.97 Å². The van der Waals surface area contributed by atoms with E-state index in [9.17, 15) is 0 Å². The molecule has 7 aromatic carbocycles. The number of aromatic nitrogens is 2. The molecule has 57 heavy (non-hydrogen) atoms. The first-order valence-electron chi connectivity index (χ1n) is 19.2. The topological polar surface area (TPSA) is 46.1 Å². The zero-order valence-electron chi connectivity index (χ0n) is 30.6. The van der Waals surface area contributed by atoms with E-state index in [0.29, 0.717) is 5.65 Å². The number of pyridine rings is 2. The van der Waals surface area contributed by atoms with Crippen LogP contribution in [0.1, 0.15) is 22.3 Å². The van der Waals surface area contributed by atoms with Crippen LogP contribution in [-0.2, 0) is 9.98 Å². The molecule has 0 saturated heterocycles. The van der Waals surface area contributed by atoms with Crippen molar-refractivity contribution in [3.63, 3.8) is 0 Å². The average Bonchev–Trinajstić information content (AvgIpc) is 3.65. The number of benzene rings is 7. The molecule has 12 rings (SSSR count). The monoisotopic (exact) mass is 765 g/mol. The first-order chi connectivity index (χ1) is 28.2. The molecule has 2 unspecified atom stereocenters. The third-order valence-corrected chi connectivity index (χ3v) is 16.3. The van der Waals surface area contributed by atoms with Gasteiger partial charge >= 0.3 is 0 Å². The molecule has 0 fully saturated rings. The third-order valence-electron chi connectivity index (χ3n) is 12.0. The normalized spacial score (nSPS) is 18.0. The Morgan fingerprint density at radius 3 is 2.07 bits per heavy atom. The second-order valence-electron chi connectivity index (χ2n) is 14.8. The minimum atomic E-state index is -3.39. The fourth-order valence-electron chi connectivity index (χ4n) is 9.71. The zero-order chi connectivity index (χ0) is 37.7. The minimum Gasteiger partial charge on any atom is -0.310 e. The number of hydrogen-bond acceptors (Lipinski definition) is 5. The second kappa shape index (κ2) is 12.2. The summed E-state index contributed by atoms with van der Waals surface area (Å²) in [4.78, 5) is 11.6. The molecule has 0 N–H and O–H groups in total. The van der Waals surface area contributed by atoms with Crippen LogP contribution in [-0.4, -0.2) is 9.97 Å². The molecule has 4 nitrogen and oxygen atoms in total. The van der Waals surface area contributed by atoms with Crippen molar-refractivity contribution in [3.8, 4) is 11.1 Å². The fraction of sp³-hybridized carbons (Fsp3) is 0.0196. The molecule has 10 aromatic rings. The SMILES string of the molecule is O=P1(c2ccccc2)c2ccccc2C2(c3ccccc3N(c3ccccc3)c3cc(-c4ccnc5ncccc45)ccc32)c2cc3c(cc21)sc1ccccc13. The number of thiophene rings is 1. The molecule has 0 amide bonds. The molecule has 0 bridgehead atoms. The molecule has 0 aliphatic carbocycles. The van der Waals surface area contributed by atoms with Crippen molar-refractivity contribution in [3.05, 3.63) is 217 Å². The Bertz CT molecular complexity index is 3300. The van der Waals surface area contributed by atoms with Gasteiger partial charge in [-0.1, -0.05) is 121 Å². The number of para-hydroxylation sites is 2. The van der Waals surface area contributed by atoms with E-state index in [1.165, 1.54) is 15.5 Å². The van der Waals surface area contributed by atoms with Crippen LogP contribution >= 0.6 is 18.5 Å². The predicted molar refractivity (Wildman–Crippen MR) is 237 cm³/mol. The van der Waals surface area contributed by atoms with Gasteiger partial charge in [-0.25, -0.2) is 9.97 Å². The highest BCUT2D eigenvalue weighted by atomic mass is 32.1. The van der Waals surface area contributed by atoms with Crippen molar-refractivity contribution < 1.29 is 4.57 Å². The van der Waals surface area contributed by atoms with Crippen LogP contribution in [0.4, 0.5) is 17.1 Å². The van der Waals surface area contributed by atoms with E-state index >= 15 is 4.57 Å². The molecule has 268 valence electrons. The predicted octanol–water partition coefficient (Wildman–Crippen LogP) is 11.8. The van der Waals surface area contributed by atoms with Gasteiger partial charge in [-0.3, -0.25) is 0 Å². The van der Waals surface area contributed by atoms with Gasteiger partial charge < -0.3 is 9.46 Å². The Morgan fingerprint density at radius 1 is 0.491 bits per heavy atom. The number of hydrogen-bond donors (Lipinski definition) is 0. The highest BCUT2D eigenvalue weighted by molar-refractivity contribution is 7.85. The van der Waals surface area contributed by atoms with Gasteiger partial charge in [0.1, 0.15) is 0 Å². The Hall–Kier alpha value is -6.65. The minimum absolute atomic E-state index is 0.716. The Kier molecular flexibility index (Phi) is 6.96. The van der Waals surface area contributed by atoms with Gasteiger partial charge in [-0.15, -0.1) is 11.3 Å². The van der Waals surface area contributed by atoms with Gasteiger partial charge in [0.05, 0.1) is 16.8 Å². The molecule has 2 aliphatic heterocycles. The Balaban J connectivity index is 1.27. The van der Waals surface area contributed by atoms with E-state index in [1.54, 1.807) is 17.5 Å². The van der Waals surface area contributed by atoms with E-state index in [4.69, 9.17) is 0 Å². The highest BCUT2D eigenvalue weighted by Gasteiger charge is 2.55. The molecular weight excluding hydrogens is 734 g/mol. The number of anilines is 3. The summed E-state index contributed by atoms with van der Waals surface area (Å²) in [5.74, 6) is 0. The van der Waals surface area contributed by atoms with Gasteiger partial charge in [0, 0.05) is 59.6 Å². The highest BCUT2D eigenvalue weighted by Crippen LogP contribution is 2.63. The van der Waals surface area contributed by atoms with Gasteiger partial charge in [0.2, 0.25) is 0 Å². The van der Waals surface area contributed by atoms with Crippen LogP contribution in [0.5, 0.6) is 0 Å². The van der Waals surface area contributed by atoms with Gasteiger partial charge in [0.25, 0.3) is 0 Å². The second-order valence-corrected chi connectivity index (χ2v) is 18.6. The van der Waals surface area contributed by atoms with Gasteiger partial charge in [0.15, 0.2) is 12.8 Å². The van der Waals surface area contributed by atoms with E-state index in [0.717, 1.165) is 76.4 Å². The quantitative estimate of drug-likeness (QED) is 0.168. The average molecular weight is 766 g/mol. The summed E-state index contributed by atoms with van der Waals surface area (Å²) >= 11 is 1.78.